The van der Waals surface area contributed by atoms with Crippen molar-refractivity contribution in [1.82, 2.24) is 10.1 Å². The van der Waals surface area contributed by atoms with Crippen LogP contribution in [0.3, 0.4) is 0 Å². The number of halogens is 1. The van der Waals surface area contributed by atoms with Gasteiger partial charge in [-0.2, -0.15) is 0 Å². The number of ether oxygens (including phenoxy) is 1. The summed E-state index contributed by atoms with van der Waals surface area (Å²) in [6.45, 7) is 4.84. The Balaban J connectivity index is 1.67. The lowest BCUT2D eigenvalue weighted by atomic mass is 10.2. The molecule has 1 aromatic heterocycles. The van der Waals surface area contributed by atoms with Crippen LogP contribution in [0.15, 0.2) is 33.3 Å². The fourth-order valence-corrected chi connectivity index (χ4v) is 3.39. The zero-order valence-electron chi connectivity index (χ0n) is 14.0. The molecule has 0 radical (unpaired) electrons. The van der Waals surface area contributed by atoms with Gasteiger partial charge in [-0.05, 0) is 38.1 Å². The van der Waals surface area contributed by atoms with Gasteiger partial charge >= 0.3 is 0 Å². The lowest BCUT2D eigenvalue weighted by Gasteiger charge is -2.17. The molecule has 0 aliphatic carbocycles. The molecule has 2 aromatic rings. The summed E-state index contributed by atoms with van der Waals surface area (Å²) >= 11 is 4.95. The van der Waals surface area contributed by atoms with Crippen molar-refractivity contribution < 1.29 is 14.1 Å². The summed E-state index contributed by atoms with van der Waals surface area (Å²) in [6, 6.07) is 7.64. The first-order valence-corrected chi connectivity index (χ1v) is 9.54. The average molecular weight is 413 g/mol. The van der Waals surface area contributed by atoms with Crippen molar-refractivity contribution in [3.05, 3.63) is 45.8 Å². The Hall–Kier alpha value is -1.47. The molecule has 0 N–H and O–H groups in total. The van der Waals surface area contributed by atoms with Gasteiger partial charge < -0.3 is 14.2 Å². The lowest BCUT2D eigenvalue weighted by molar-refractivity contribution is -0.127. The summed E-state index contributed by atoms with van der Waals surface area (Å²) < 4.78 is 11.8. The number of nitrogens with zero attached hydrogens (tertiary/aromatic N) is 2. The second-order valence-corrected chi connectivity index (χ2v) is 7.31. The molecule has 1 amide bonds. The number of thioether (sulfide) groups is 1. The van der Waals surface area contributed by atoms with E-state index in [-0.39, 0.29) is 5.91 Å². The first-order valence-electron chi connectivity index (χ1n) is 7.59. The smallest absolute Gasteiger partial charge is 0.232 e. The first-order chi connectivity index (χ1) is 11.5. The van der Waals surface area contributed by atoms with E-state index in [4.69, 9.17) is 9.26 Å². The van der Waals surface area contributed by atoms with Gasteiger partial charge in [0.15, 0.2) is 0 Å². The molecule has 0 spiro atoms. The van der Waals surface area contributed by atoms with Crippen LogP contribution in [-0.2, 0) is 10.5 Å². The van der Waals surface area contributed by atoms with Gasteiger partial charge in [0.1, 0.15) is 18.1 Å². The van der Waals surface area contributed by atoms with Crippen molar-refractivity contribution >= 4 is 33.6 Å². The number of hydrogen-bond acceptors (Lipinski definition) is 5. The minimum atomic E-state index is 0.0890. The molecule has 24 heavy (non-hydrogen) atoms. The van der Waals surface area contributed by atoms with E-state index in [1.165, 1.54) is 0 Å². The van der Waals surface area contributed by atoms with Crippen LogP contribution in [-0.4, -0.2) is 41.9 Å². The Labute approximate surface area is 154 Å². The molecule has 7 heteroatoms. The normalized spacial score (nSPS) is 10.7. The molecule has 0 unspecified atom stereocenters. The molecular formula is C17H21BrN2O3S. The molecule has 1 aromatic carbocycles. The summed E-state index contributed by atoms with van der Waals surface area (Å²) in [5.41, 5.74) is 1.97. The van der Waals surface area contributed by atoms with Crippen LogP contribution >= 0.6 is 27.7 Å². The number of hydrogen-bond donors (Lipinski definition) is 0. The zero-order chi connectivity index (χ0) is 17.5. The molecule has 0 aliphatic rings. The fraction of sp³-hybridized carbons (Fsp3) is 0.412. The van der Waals surface area contributed by atoms with Crippen molar-refractivity contribution in [2.75, 3.05) is 26.0 Å². The maximum absolute atomic E-state index is 12.1. The predicted molar refractivity (Wildman–Crippen MR) is 99.4 cm³/mol. The summed E-state index contributed by atoms with van der Waals surface area (Å²) in [4.78, 5) is 13.8. The average Bonchev–Trinajstić information content (AvgIpc) is 2.88. The van der Waals surface area contributed by atoms with Crippen LogP contribution < -0.4 is 4.74 Å². The monoisotopic (exact) mass is 412 g/mol. The number of benzene rings is 1. The summed E-state index contributed by atoms with van der Waals surface area (Å²) in [5.74, 6) is 2.87. The minimum absolute atomic E-state index is 0.0890. The number of aromatic nitrogens is 1. The lowest BCUT2D eigenvalue weighted by Crippen LogP contribution is -2.32. The van der Waals surface area contributed by atoms with Gasteiger partial charge in [0.2, 0.25) is 5.91 Å². The number of carbonyl (C=O) groups excluding carboxylic acids is 1. The van der Waals surface area contributed by atoms with Crippen LogP contribution in [0.25, 0.3) is 0 Å². The van der Waals surface area contributed by atoms with Crippen molar-refractivity contribution in [3.8, 4) is 5.75 Å². The standard InChI is InChI=1S/C17H21BrN2O3S/c1-12-16(13(2)23-19-12)10-24-11-17(21)20(3)8-9-22-15-6-4-14(18)5-7-15/h4-7H,8-11H2,1-3H3. The third-order valence-corrected chi connectivity index (χ3v) is 5.06. The maximum Gasteiger partial charge on any atom is 0.232 e. The van der Waals surface area contributed by atoms with Gasteiger partial charge in [-0.15, -0.1) is 11.8 Å². The van der Waals surface area contributed by atoms with Crippen molar-refractivity contribution in [1.29, 1.82) is 0 Å². The van der Waals surface area contributed by atoms with E-state index in [2.05, 4.69) is 21.1 Å². The first kappa shape index (κ1) is 18.9. The Bertz CT molecular complexity index is 653. The van der Waals surface area contributed by atoms with E-state index >= 15 is 0 Å². The third kappa shape index (κ3) is 5.56. The Morgan fingerprint density at radius 2 is 2.04 bits per heavy atom. The molecule has 2 rings (SSSR count). The Morgan fingerprint density at radius 3 is 2.67 bits per heavy atom. The van der Waals surface area contributed by atoms with Crippen molar-refractivity contribution in [2.24, 2.45) is 0 Å². The van der Waals surface area contributed by atoms with Crippen molar-refractivity contribution in [2.45, 2.75) is 19.6 Å². The van der Waals surface area contributed by atoms with Gasteiger partial charge in [-0.3, -0.25) is 4.79 Å². The van der Waals surface area contributed by atoms with Gasteiger partial charge in [-0.1, -0.05) is 21.1 Å². The summed E-state index contributed by atoms with van der Waals surface area (Å²) in [5, 5.41) is 3.92. The number of rotatable bonds is 8. The molecule has 130 valence electrons. The topological polar surface area (TPSA) is 55.6 Å². The molecule has 0 aliphatic heterocycles. The minimum Gasteiger partial charge on any atom is -0.492 e. The van der Waals surface area contributed by atoms with Gasteiger partial charge in [-0.25, -0.2) is 0 Å². The number of likely N-dealkylation sites (N-methyl/N-ethyl adjacent to an activating group) is 1. The zero-order valence-corrected chi connectivity index (χ0v) is 16.4. The number of aryl methyl sites for hydroxylation is 2. The molecular weight excluding hydrogens is 392 g/mol. The Morgan fingerprint density at radius 1 is 1.33 bits per heavy atom. The quantitative estimate of drug-likeness (QED) is 0.659. The van der Waals surface area contributed by atoms with E-state index in [0.29, 0.717) is 18.9 Å². The predicted octanol–water partition coefficient (Wildman–Crippen LogP) is 3.82. The number of amides is 1. The molecule has 0 bridgehead atoms. The van der Waals surface area contributed by atoms with Crippen LogP contribution in [0.4, 0.5) is 0 Å². The molecule has 0 saturated heterocycles. The molecule has 0 saturated carbocycles. The van der Waals surface area contributed by atoms with Gasteiger partial charge in [0, 0.05) is 22.8 Å². The van der Waals surface area contributed by atoms with Crippen LogP contribution in [0, 0.1) is 13.8 Å². The van der Waals surface area contributed by atoms with E-state index in [1.807, 2.05) is 38.1 Å². The molecule has 0 atom stereocenters. The second kappa shape index (κ2) is 9.13. The van der Waals surface area contributed by atoms with Crippen LogP contribution in [0.1, 0.15) is 17.0 Å². The molecule has 5 nitrogen and oxygen atoms in total. The highest BCUT2D eigenvalue weighted by Crippen LogP contribution is 2.19. The fourth-order valence-electron chi connectivity index (χ4n) is 2.01. The highest BCUT2D eigenvalue weighted by atomic mass is 79.9. The highest BCUT2D eigenvalue weighted by molar-refractivity contribution is 9.10. The SMILES string of the molecule is Cc1noc(C)c1CSCC(=O)N(C)CCOc1ccc(Br)cc1. The third-order valence-electron chi connectivity index (χ3n) is 3.59. The molecule has 1 heterocycles. The largest absolute Gasteiger partial charge is 0.492 e. The van der Waals surface area contributed by atoms with E-state index < -0.39 is 0 Å². The van der Waals surface area contributed by atoms with Crippen LogP contribution in [0.2, 0.25) is 0 Å². The van der Waals surface area contributed by atoms with Gasteiger partial charge in [0.05, 0.1) is 18.0 Å². The van der Waals surface area contributed by atoms with E-state index in [1.54, 1.807) is 23.7 Å². The van der Waals surface area contributed by atoms with E-state index in [0.717, 1.165) is 33.0 Å². The maximum atomic E-state index is 12.1. The van der Waals surface area contributed by atoms with Gasteiger partial charge in [0.25, 0.3) is 0 Å². The molecule has 0 fully saturated rings. The summed E-state index contributed by atoms with van der Waals surface area (Å²) in [7, 11) is 1.80. The van der Waals surface area contributed by atoms with Crippen LogP contribution in [0.5, 0.6) is 5.75 Å². The van der Waals surface area contributed by atoms with E-state index in [9.17, 15) is 4.79 Å². The summed E-state index contributed by atoms with van der Waals surface area (Å²) in [6.07, 6.45) is 0. The van der Waals surface area contributed by atoms with Crippen molar-refractivity contribution in [3.63, 3.8) is 0 Å². The number of carbonyl (C=O) groups is 1. The Kier molecular flexibility index (Phi) is 7.17. The highest BCUT2D eigenvalue weighted by Gasteiger charge is 2.12. The second-order valence-electron chi connectivity index (χ2n) is 5.41.